The average molecular weight is 268 g/mol. The summed E-state index contributed by atoms with van der Waals surface area (Å²) in [6.45, 7) is 3.55. The first-order valence-electron chi connectivity index (χ1n) is 5.41. The smallest absolute Gasteiger partial charge is 0.125 e. The van der Waals surface area contributed by atoms with Crippen LogP contribution in [0.15, 0.2) is 10.8 Å². The molecule has 0 spiro atoms. The third-order valence-electron chi connectivity index (χ3n) is 2.48. The van der Waals surface area contributed by atoms with Crippen LogP contribution in [-0.2, 0) is 17.9 Å². The van der Waals surface area contributed by atoms with Gasteiger partial charge in [0, 0.05) is 29.5 Å². The number of aryl methyl sites for hydroxylation is 1. The van der Waals surface area contributed by atoms with Crippen LogP contribution in [0.2, 0.25) is 0 Å². The first-order valence-corrected chi connectivity index (χ1v) is 7.17. The van der Waals surface area contributed by atoms with E-state index in [0.29, 0.717) is 6.61 Å². The fourth-order valence-corrected chi connectivity index (χ4v) is 3.69. The molecule has 0 bridgehead atoms. The molecular formula is C12H16N2OS2. The Labute approximate surface area is 109 Å². The minimum atomic E-state index is 0.580. The second kappa shape index (κ2) is 5.73. The van der Waals surface area contributed by atoms with Gasteiger partial charge in [0.25, 0.3) is 0 Å². The number of nitrogens with zero attached hydrogens (tertiary/aromatic N) is 1. The highest BCUT2D eigenvalue weighted by Crippen LogP contribution is 2.32. The van der Waals surface area contributed by atoms with Gasteiger partial charge in [0.2, 0.25) is 0 Å². The van der Waals surface area contributed by atoms with E-state index in [4.69, 9.17) is 4.74 Å². The molecule has 0 aliphatic carbocycles. The minimum absolute atomic E-state index is 0.580. The standard InChI is InChI=1S/C12H16N2OS2/c1-8-6-16-7-9(8)12-14-10(5-15-3)11(17-12)4-13-2/h6-7,13H,4-5H2,1-3H3. The zero-order valence-corrected chi connectivity index (χ0v) is 11.9. The van der Waals surface area contributed by atoms with Crippen LogP contribution in [0.25, 0.3) is 10.6 Å². The molecule has 0 aromatic carbocycles. The molecule has 0 saturated carbocycles. The maximum absolute atomic E-state index is 5.19. The molecule has 0 unspecified atom stereocenters. The van der Waals surface area contributed by atoms with Crippen LogP contribution in [0.5, 0.6) is 0 Å². The predicted molar refractivity (Wildman–Crippen MR) is 73.6 cm³/mol. The summed E-state index contributed by atoms with van der Waals surface area (Å²) in [5.41, 5.74) is 3.59. The van der Waals surface area contributed by atoms with Crippen LogP contribution >= 0.6 is 22.7 Å². The summed E-state index contributed by atoms with van der Waals surface area (Å²) in [6.07, 6.45) is 0. The fourth-order valence-electron chi connectivity index (χ4n) is 1.63. The Bertz CT molecular complexity index is 467. The van der Waals surface area contributed by atoms with Crippen molar-refractivity contribution in [3.8, 4) is 10.6 Å². The number of thiophene rings is 1. The predicted octanol–water partition coefficient (Wildman–Crippen LogP) is 3.05. The Hall–Kier alpha value is -0.750. The highest BCUT2D eigenvalue weighted by Gasteiger charge is 2.13. The molecule has 92 valence electrons. The van der Waals surface area contributed by atoms with Crippen LogP contribution in [0.3, 0.4) is 0 Å². The van der Waals surface area contributed by atoms with Crippen molar-refractivity contribution in [3.05, 3.63) is 26.9 Å². The first-order chi connectivity index (χ1) is 8.26. The zero-order chi connectivity index (χ0) is 12.3. The van der Waals surface area contributed by atoms with Crippen molar-refractivity contribution in [3.63, 3.8) is 0 Å². The lowest BCUT2D eigenvalue weighted by atomic mass is 10.2. The molecule has 2 rings (SSSR count). The van der Waals surface area contributed by atoms with Gasteiger partial charge >= 0.3 is 0 Å². The normalized spacial score (nSPS) is 11.0. The lowest BCUT2D eigenvalue weighted by Gasteiger charge is -1.98. The molecule has 0 radical (unpaired) electrons. The molecule has 17 heavy (non-hydrogen) atoms. The molecule has 0 saturated heterocycles. The summed E-state index contributed by atoms with van der Waals surface area (Å²) in [6, 6.07) is 0. The second-order valence-electron chi connectivity index (χ2n) is 3.82. The zero-order valence-electron chi connectivity index (χ0n) is 10.2. The Kier molecular flexibility index (Phi) is 4.28. The van der Waals surface area contributed by atoms with Crippen molar-refractivity contribution in [2.45, 2.75) is 20.1 Å². The van der Waals surface area contributed by atoms with Crippen molar-refractivity contribution < 1.29 is 4.74 Å². The van der Waals surface area contributed by atoms with Gasteiger partial charge in [-0.05, 0) is 24.9 Å². The van der Waals surface area contributed by atoms with E-state index in [0.717, 1.165) is 17.2 Å². The molecule has 0 aliphatic heterocycles. The number of rotatable bonds is 5. The molecule has 2 aromatic heterocycles. The quantitative estimate of drug-likeness (QED) is 0.905. The molecule has 0 atom stereocenters. The van der Waals surface area contributed by atoms with E-state index < -0.39 is 0 Å². The first kappa shape index (κ1) is 12.7. The number of methoxy groups -OCH3 is 1. The van der Waals surface area contributed by atoms with Crippen molar-refractivity contribution in [2.75, 3.05) is 14.2 Å². The van der Waals surface area contributed by atoms with Crippen LogP contribution in [0.4, 0.5) is 0 Å². The second-order valence-corrected chi connectivity index (χ2v) is 5.65. The molecular weight excluding hydrogens is 252 g/mol. The molecule has 3 nitrogen and oxygen atoms in total. The Morgan fingerprint density at radius 3 is 2.82 bits per heavy atom. The van der Waals surface area contributed by atoms with E-state index in [9.17, 15) is 0 Å². The lowest BCUT2D eigenvalue weighted by molar-refractivity contribution is 0.181. The number of ether oxygens (including phenoxy) is 1. The van der Waals surface area contributed by atoms with E-state index in [1.807, 2.05) is 7.05 Å². The van der Waals surface area contributed by atoms with Gasteiger partial charge in [-0.2, -0.15) is 11.3 Å². The van der Waals surface area contributed by atoms with Gasteiger partial charge in [0.15, 0.2) is 0 Å². The topological polar surface area (TPSA) is 34.2 Å². The molecule has 0 fully saturated rings. The van der Waals surface area contributed by atoms with Gasteiger partial charge in [-0.3, -0.25) is 0 Å². The number of nitrogens with one attached hydrogen (secondary N) is 1. The molecule has 5 heteroatoms. The van der Waals surface area contributed by atoms with Gasteiger partial charge in [0.1, 0.15) is 5.01 Å². The van der Waals surface area contributed by atoms with Crippen LogP contribution in [-0.4, -0.2) is 19.1 Å². The van der Waals surface area contributed by atoms with E-state index in [-0.39, 0.29) is 0 Å². The molecule has 1 N–H and O–H groups in total. The summed E-state index contributed by atoms with van der Waals surface area (Å²) < 4.78 is 5.19. The summed E-state index contributed by atoms with van der Waals surface area (Å²) >= 11 is 3.47. The Morgan fingerprint density at radius 1 is 1.41 bits per heavy atom. The third-order valence-corrected chi connectivity index (χ3v) is 4.47. The SMILES string of the molecule is CNCc1sc(-c2cscc2C)nc1COC. The third kappa shape index (κ3) is 2.74. The van der Waals surface area contributed by atoms with Crippen molar-refractivity contribution in [2.24, 2.45) is 0 Å². The van der Waals surface area contributed by atoms with Gasteiger partial charge in [0.05, 0.1) is 12.3 Å². The van der Waals surface area contributed by atoms with Gasteiger partial charge < -0.3 is 10.1 Å². The molecule has 2 heterocycles. The van der Waals surface area contributed by atoms with Crippen molar-refractivity contribution in [1.82, 2.24) is 10.3 Å². The summed E-state index contributed by atoms with van der Waals surface area (Å²) in [5, 5.41) is 8.59. The minimum Gasteiger partial charge on any atom is -0.378 e. The number of aromatic nitrogens is 1. The van der Waals surface area contributed by atoms with E-state index >= 15 is 0 Å². The largest absolute Gasteiger partial charge is 0.378 e. The number of hydrogen-bond donors (Lipinski definition) is 1. The summed E-state index contributed by atoms with van der Waals surface area (Å²) in [4.78, 5) is 5.94. The fraction of sp³-hybridized carbons (Fsp3) is 0.417. The van der Waals surface area contributed by atoms with Crippen molar-refractivity contribution >= 4 is 22.7 Å². The monoisotopic (exact) mass is 268 g/mol. The summed E-state index contributed by atoms with van der Waals surface area (Å²) in [7, 11) is 3.66. The maximum Gasteiger partial charge on any atom is 0.125 e. The van der Waals surface area contributed by atoms with Crippen molar-refractivity contribution in [1.29, 1.82) is 0 Å². The summed E-state index contributed by atoms with van der Waals surface area (Å²) in [5.74, 6) is 0. The molecule has 0 amide bonds. The number of hydrogen-bond acceptors (Lipinski definition) is 5. The Morgan fingerprint density at radius 2 is 2.24 bits per heavy atom. The highest BCUT2D eigenvalue weighted by atomic mass is 32.1. The van der Waals surface area contributed by atoms with E-state index in [1.165, 1.54) is 16.0 Å². The molecule has 0 aliphatic rings. The maximum atomic E-state index is 5.19. The molecule has 2 aromatic rings. The average Bonchev–Trinajstić information content (AvgIpc) is 2.87. The lowest BCUT2D eigenvalue weighted by Crippen LogP contribution is -2.06. The number of thiazole rings is 1. The van der Waals surface area contributed by atoms with Crippen LogP contribution < -0.4 is 5.32 Å². The highest BCUT2D eigenvalue weighted by molar-refractivity contribution is 7.15. The van der Waals surface area contributed by atoms with E-state index in [1.54, 1.807) is 29.8 Å². The van der Waals surface area contributed by atoms with Gasteiger partial charge in [-0.1, -0.05) is 0 Å². The Balaban J connectivity index is 2.36. The van der Waals surface area contributed by atoms with Crippen LogP contribution in [0.1, 0.15) is 16.1 Å². The van der Waals surface area contributed by atoms with Gasteiger partial charge in [-0.15, -0.1) is 11.3 Å². The van der Waals surface area contributed by atoms with Crippen LogP contribution in [0, 0.1) is 6.92 Å². The van der Waals surface area contributed by atoms with E-state index in [2.05, 4.69) is 28.0 Å². The van der Waals surface area contributed by atoms with Gasteiger partial charge in [-0.25, -0.2) is 4.98 Å².